The van der Waals surface area contributed by atoms with Gasteiger partial charge < -0.3 is 19.2 Å². The van der Waals surface area contributed by atoms with Gasteiger partial charge in [-0.25, -0.2) is 0 Å². The van der Waals surface area contributed by atoms with Gasteiger partial charge in [-0.1, -0.05) is 13.8 Å². The number of aliphatic imine (C=N–C) groups is 1. The highest BCUT2D eigenvalue weighted by Gasteiger charge is 2.21. The molecule has 0 aliphatic heterocycles. The van der Waals surface area contributed by atoms with E-state index >= 15 is 0 Å². The van der Waals surface area contributed by atoms with Crippen LogP contribution in [0.5, 0.6) is 0 Å². The van der Waals surface area contributed by atoms with Crippen LogP contribution < -0.4 is 5.32 Å². The van der Waals surface area contributed by atoms with Crippen molar-refractivity contribution in [3.05, 3.63) is 48.2 Å². The van der Waals surface area contributed by atoms with Crippen molar-refractivity contribution in [3.8, 4) is 0 Å². The van der Waals surface area contributed by atoms with Crippen LogP contribution in [0.25, 0.3) is 0 Å². The van der Waals surface area contributed by atoms with Gasteiger partial charge >= 0.3 is 0 Å². The zero-order valence-electron chi connectivity index (χ0n) is 16.1. The Morgan fingerprint density at radius 2 is 2.04 bits per heavy atom. The number of aromatic nitrogens is 1. The maximum absolute atomic E-state index is 5.67. The first-order valence-electron chi connectivity index (χ1n) is 8.90. The van der Waals surface area contributed by atoms with Gasteiger partial charge in [0.2, 0.25) is 0 Å². The molecule has 0 aromatic carbocycles. The molecule has 6 heteroatoms. The third-order valence-corrected chi connectivity index (χ3v) is 4.60. The highest BCUT2D eigenvalue weighted by molar-refractivity contribution is 5.79. The van der Waals surface area contributed by atoms with Crippen molar-refractivity contribution in [2.24, 2.45) is 12.0 Å². The summed E-state index contributed by atoms with van der Waals surface area (Å²) in [5.41, 5.74) is 1.25. The van der Waals surface area contributed by atoms with Gasteiger partial charge in [0.15, 0.2) is 5.96 Å². The van der Waals surface area contributed by atoms with Crippen molar-refractivity contribution in [2.75, 3.05) is 33.7 Å². The molecule has 0 bridgehead atoms. The maximum atomic E-state index is 5.67. The summed E-state index contributed by atoms with van der Waals surface area (Å²) in [6, 6.07) is 8.37. The molecule has 0 fully saturated rings. The first-order valence-corrected chi connectivity index (χ1v) is 8.90. The molecule has 0 spiro atoms. The topological polar surface area (TPSA) is 48.9 Å². The quantitative estimate of drug-likeness (QED) is 0.590. The number of rotatable bonds is 8. The molecule has 1 atom stereocenters. The molecule has 0 saturated carbocycles. The minimum absolute atomic E-state index is 0.185. The summed E-state index contributed by atoms with van der Waals surface area (Å²) in [6.45, 7) is 7.85. The van der Waals surface area contributed by atoms with E-state index in [1.165, 1.54) is 5.69 Å². The van der Waals surface area contributed by atoms with Crippen molar-refractivity contribution in [2.45, 2.75) is 26.4 Å². The second-order valence-corrected chi connectivity index (χ2v) is 6.15. The minimum Gasteiger partial charge on any atom is -0.468 e. The molecule has 0 radical (unpaired) electrons. The van der Waals surface area contributed by atoms with Gasteiger partial charge in [-0.3, -0.25) is 9.89 Å². The molecular formula is C19H31N5O. The predicted octanol–water partition coefficient (Wildman–Crippen LogP) is 2.71. The van der Waals surface area contributed by atoms with Gasteiger partial charge in [-0.05, 0) is 37.4 Å². The molecule has 138 valence electrons. The lowest BCUT2D eigenvalue weighted by atomic mass is 10.2. The Morgan fingerprint density at radius 1 is 1.28 bits per heavy atom. The van der Waals surface area contributed by atoms with E-state index in [0.29, 0.717) is 0 Å². The molecule has 1 N–H and O–H groups in total. The van der Waals surface area contributed by atoms with Crippen LogP contribution in [0.4, 0.5) is 0 Å². The molecule has 2 heterocycles. The summed E-state index contributed by atoms with van der Waals surface area (Å²) in [4.78, 5) is 8.96. The summed E-state index contributed by atoms with van der Waals surface area (Å²) in [5, 5.41) is 3.50. The molecule has 2 aromatic heterocycles. The smallest absolute Gasteiger partial charge is 0.193 e. The third-order valence-electron chi connectivity index (χ3n) is 4.60. The molecule has 2 aromatic rings. The molecular weight excluding hydrogens is 314 g/mol. The maximum Gasteiger partial charge on any atom is 0.193 e. The fourth-order valence-corrected chi connectivity index (χ4v) is 3.11. The van der Waals surface area contributed by atoms with E-state index in [9.17, 15) is 0 Å². The number of hydrogen-bond acceptors (Lipinski definition) is 3. The van der Waals surface area contributed by atoms with Gasteiger partial charge in [0, 0.05) is 39.6 Å². The summed E-state index contributed by atoms with van der Waals surface area (Å²) >= 11 is 0. The van der Waals surface area contributed by atoms with E-state index in [4.69, 9.17) is 4.42 Å². The number of likely N-dealkylation sites (N-methyl/N-ethyl adjacent to an activating group) is 1. The highest BCUT2D eigenvalue weighted by Crippen LogP contribution is 2.20. The van der Waals surface area contributed by atoms with Crippen molar-refractivity contribution in [3.63, 3.8) is 0 Å². The van der Waals surface area contributed by atoms with Crippen molar-refractivity contribution in [1.29, 1.82) is 0 Å². The average molecular weight is 345 g/mol. The lowest BCUT2D eigenvalue weighted by Gasteiger charge is -2.30. The normalized spacial score (nSPS) is 13.3. The first kappa shape index (κ1) is 19.1. The van der Waals surface area contributed by atoms with Gasteiger partial charge in [0.25, 0.3) is 0 Å². The molecule has 2 rings (SSSR count). The van der Waals surface area contributed by atoms with Crippen LogP contribution in [0.2, 0.25) is 0 Å². The van der Waals surface area contributed by atoms with Crippen LogP contribution in [0.15, 0.2) is 46.1 Å². The number of aryl methyl sites for hydroxylation is 1. The minimum atomic E-state index is 0.185. The monoisotopic (exact) mass is 345 g/mol. The molecule has 0 aliphatic carbocycles. The molecule has 6 nitrogen and oxygen atoms in total. The first-order chi connectivity index (χ1) is 12.1. The molecule has 0 aliphatic rings. The summed E-state index contributed by atoms with van der Waals surface area (Å²) in [5.74, 6) is 1.86. The molecule has 25 heavy (non-hydrogen) atoms. The Morgan fingerprint density at radius 3 is 2.56 bits per heavy atom. The lowest BCUT2D eigenvalue weighted by molar-refractivity contribution is 0.192. The second-order valence-electron chi connectivity index (χ2n) is 6.15. The van der Waals surface area contributed by atoms with Crippen molar-refractivity contribution in [1.82, 2.24) is 19.7 Å². The zero-order valence-corrected chi connectivity index (χ0v) is 16.1. The van der Waals surface area contributed by atoms with E-state index < -0.39 is 0 Å². The SMILES string of the molecule is CCN(CC)C(CNC(=NC)N(C)Cc1cccn1C)c1ccco1. The highest BCUT2D eigenvalue weighted by atomic mass is 16.3. The number of furan rings is 1. The van der Waals surface area contributed by atoms with Crippen LogP contribution >= 0.6 is 0 Å². The van der Waals surface area contributed by atoms with Gasteiger partial charge in [-0.15, -0.1) is 0 Å². The van der Waals surface area contributed by atoms with Crippen molar-refractivity contribution < 1.29 is 4.42 Å². The standard InChI is InChI=1S/C19H31N5O/c1-6-24(7-2)17(18-11-9-13-25-18)14-21-19(20-3)23(5)15-16-10-8-12-22(16)4/h8-13,17H,6-7,14-15H2,1-5H3,(H,20,21). The Hall–Kier alpha value is -2.21. The van der Waals surface area contributed by atoms with E-state index in [2.05, 4.69) is 70.9 Å². The van der Waals surface area contributed by atoms with E-state index in [1.807, 2.05) is 19.2 Å². The van der Waals surface area contributed by atoms with Crippen LogP contribution in [-0.2, 0) is 13.6 Å². The Kier molecular flexibility index (Phi) is 7.13. The van der Waals surface area contributed by atoms with Gasteiger partial charge in [0.1, 0.15) is 5.76 Å². The molecule has 1 unspecified atom stereocenters. The number of guanidine groups is 1. The van der Waals surface area contributed by atoms with Crippen LogP contribution in [0, 0.1) is 0 Å². The van der Waals surface area contributed by atoms with E-state index in [0.717, 1.165) is 37.9 Å². The largest absolute Gasteiger partial charge is 0.468 e. The molecule has 0 amide bonds. The zero-order chi connectivity index (χ0) is 18.2. The van der Waals surface area contributed by atoms with Gasteiger partial charge in [-0.2, -0.15) is 0 Å². The third kappa shape index (κ3) is 4.89. The number of hydrogen-bond donors (Lipinski definition) is 1. The second kappa shape index (κ2) is 9.32. The number of nitrogens with one attached hydrogen (secondary N) is 1. The Labute approximate surface area is 151 Å². The fourth-order valence-electron chi connectivity index (χ4n) is 3.11. The van der Waals surface area contributed by atoms with Crippen LogP contribution in [0.1, 0.15) is 31.3 Å². The van der Waals surface area contributed by atoms with E-state index in [-0.39, 0.29) is 6.04 Å². The Bertz CT molecular complexity index is 643. The van der Waals surface area contributed by atoms with Crippen LogP contribution in [0.3, 0.4) is 0 Å². The van der Waals surface area contributed by atoms with Crippen LogP contribution in [-0.4, -0.2) is 54.1 Å². The molecule has 0 saturated heterocycles. The lowest BCUT2D eigenvalue weighted by Crippen LogP contribution is -2.43. The van der Waals surface area contributed by atoms with E-state index in [1.54, 1.807) is 6.26 Å². The summed E-state index contributed by atoms with van der Waals surface area (Å²) < 4.78 is 7.80. The predicted molar refractivity (Wildman–Crippen MR) is 103 cm³/mol. The summed E-state index contributed by atoms with van der Waals surface area (Å²) in [6.07, 6.45) is 3.80. The fraction of sp³-hybridized carbons (Fsp3) is 0.526. The Balaban J connectivity index is 2.03. The summed E-state index contributed by atoms with van der Waals surface area (Å²) in [7, 11) is 5.94. The van der Waals surface area contributed by atoms with Gasteiger partial charge in [0.05, 0.1) is 18.8 Å². The van der Waals surface area contributed by atoms with Crippen molar-refractivity contribution >= 4 is 5.96 Å². The average Bonchev–Trinajstić information content (AvgIpc) is 3.27. The number of nitrogens with zero attached hydrogens (tertiary/aromatic N) is 4.